The summed E-state index contributed by atoms with van der Waals surface area (Å²) in [5.41, 5.74) is -0.155. The number of nitrogens with zero attached hydrogens (tertiary/aromatic N) is 1. The molecule has 0 heterocycles. The van der Waals surface area contributed by atoms with Crippen LogP contribution in [0.5, 0.6) is 11.5 Å². The molecule has 0 aromatic heterocycles. The van der Waals surface area contributed by atoms with Crippen LogP contribution in [0.25, 0.3) is 0 Å². The van der Waals surface area contributed by atoms with Crippen LogP contribution in [0.2, 0.25) is 0 Å². The number of non-ortho nitro benzene ring substituents is 1. The predicted molar refractivity (Wildman–Crippen MR) is 57.4 cm³/mol. The Morgan fingerprint density at radius 1 is 1.47 bits per heavy atom. The first-order valence-electron chi connectivity index (χ1n) is 4.67. The number of ether oxygens (including phenoxy) is 2. The molecule has 0 radical (unpaired) electrons. The first-order chi connectivity index (χ1) is 7.95. The molecule has 1 atom stereocenters. The van der Waals surface area contributed by atoms with Gasteiger partial charge in [-0.3, -0.25) is 10.1 Å². The van der Waals surface area contributed by atoms with Crippen molar-refractivity contribution in [1.29, 1.82) is 0 Å². The number of nitro groups is 1. The van der Waals surface area contributed by atoms with E-state index in [1.807, 2.05) is 0 Å². The Balaban J connectivity index is 3.00. The van der Waals surface area contributed by atoms with Gasteiger partial charge in [0.15, 0.2) is 17.6 Å². The zero-order valence-electron chi connectivity index (χ0n) is 9.25. The van der Waals surface area contributed by atoms with Crippen molar-refractivity contribution in [2.75, 3.05) is 7.11 Å². The summed E-state index contributed by atoms with van der Waals surface area (Å²) in [6, 6.07) is 3.69. The van der Waals surface area contributed by atoms with Crippen molar-refractivity contribution < 1.29 is 24.3 Å². The highest BCUT2D eigenvalue weighted by molar-refractivity contribution is 5.72. The molecule has 0 saturated heterocycles. The Morgan fingerprint density at radius 3 is 2.59 bits per heavy atom. The first kappa shape index (κ1) is 12.8. The molecule has 92 valence electrons. The molecular formula is C10H11NO6. The Kier molecular flexibility index (Phi) is 3.86. The predicted octanol–water partition coefficient (Wildman–Crippen LogP) is 1.46. The SMILES string of the molecule is COc1cc([N+](=O)[O-])ccc1OC(C)C(=O)O. The second-order valence-corrected chi connectivity index (χ2v) is 3.19. The third kappa shape index (κ3) is 3.07. The number of benzene rings is 1. The lowest BCUT2D eigenvalue weighted by molar-refractivity contribution is -0.385. The van der Waals surface area contributed by atoms with Gasteiger partial charge in [0, 0.05) is 6.07 Å². The summed E-state index contributed by atoms with van der Waals surface area (Å²) in [6.45, 7) is 1.35. The van der Waals surface area contributed by atoms with Gasteiger partial charge in [-0.05, 0) is 13.0 Å². The van der Waals surface area contributed by atoms with E-state index in [9.17, 15) is 14.9 Å². The molecule has 1 rings (SSSR count). The Hall–Kier alpha value is -2.31. The lowest BCUT2D eigenvalue weighted by Crippen LogP contribution is -2.23. The van der Waals surface area contributed by atoms with Crippen LogP contribution in [0, 0.1) is 10.1 Å². The van der Waals surface area contributed by atoms with Crippen molar-refractivity contribution in [2.24, 2.45) is 0 Å². The summed E-state index contributed by atoms with van der Waals surface area (Å²) >= 11 is 0. The van der Waals surface area contributed by atoms with E-state index in [1.54, 1.807) is 0 Å². The van der Waals surface area contributed by atoms with Crippen molar-refractivity contribution in [2.45, 2.75) is 13.0 Å². The number of methoxy groups -OCH3 is 1. The molecule has 1 aromatic rings. The molecule has 0 bridgehead atoms. The summed E-state index contributed by atoms with van der Waals surface area (Å²) in [5, 5.41) is 19.2. The fourth-order valence-corrected chi connectivity index (χ4v) is 1.11. The van der Waals surface area contributed by atoms with Gasteiger partial charge in [0.2, 0.25) is 0 Å². The van der Waals surface area contributed by atoms with Crippen LogP contribution in [0.4, 0.5) is 5.69 Å². The molecule has 0 aliphatic heterocycles. The molecule has 7 nitrogen and oxygen atoms in total. The number of carboxylic acid groups (broad SMARTS) is 1. The number of carbonyl (C=O) groups is 1. The fraction of sp³-hybridized carbons (Fsp3) is 0.300. The molecule has 0 saturated carbocycles. The van der Waals surface area contributed by atoms with Gasteiger partial charge in [0.05, 0.1) is 18.1 Å². The van der Waals surface area contributed by atoms with Gasteiger partial charge in [-0.25, -0.2) is 4.79 Å². The van der Waals surface area contributed by atoms with Gasteiger partial charge in [-0.15, -0.1) is 0 Å². The maximum Gasteiger partial charge on any atom is 0.344 e. The largest absolute Gasteiger partial charge is 0.493 e. The Morgan fingerprint density at radius 2 is 2.12 bits per heavy atom. The van der Waals surface area contributed by atoms with Crippen LogP contribution in [-0.4, -0.2) is 29.2 Å². The monoisotopic (exact) mass is 241 g/mol. The summed E-state index contributed by atoms with van der Waals surface area (Å²) in [4.78, 5) is 20.6. The smallest absolute Gasteiger partial charge is 0.344 e. The zero-order chi connectivity index (χ0) is 13.0. The van der Waals surface area contributed by atoms with Crippen LogP contribution < -0.4 is 9.47 Å². The molecular weight excluding hydrogens is 230 g/mol. The lowest BCUT2D eigenvalue weighted by atomic mass is 10.2. The number of aliphatic carboxylic acids is 1. The Labute approximate surface area is 96.7 Å². The molecule has 0 aliphatic carbocycles. The van der Waals surface area contributed by atoms with E-state index >= 15 is 0 Å². The molecule has 17 heavy (non-hydrogen) atoms. The first-order valence-corrected chi connectivity index (χ1v) is 4.67. The molecule has 0 fully saturated rings. The van der Waals surface area contributed by atoms with E-state index in [2.05, 4.69) is 0 Å². The standard InChI is InChI=1S/C10H11NO6/c1-6(10(12)13)17-8-4-3-7(11(14)15)5-9(8)16-2/h3-6H,1-2H3,(H,12,13). The highest BCUT2D eigenvalue weighted by Crippen LogP contribution is 2.31. The van der Waals surface area contributed by atoms with E-state index in [-0.39, 0.29) is 17.2 Å². The quantitative estimate of drug-likeness (QED) is 0.618. The minimum Gasteiger partial charge on any atom is -0.493 e. The number of carboxylic acids is 1. The van der Waals surface area contributed by atoms with Crippen molar-refractivity contribution in [3.63, 3.8) is 0 Å². The molecule has 1 N–H and O–H groups in total. The average molecular weight is 241 g/mol. The van der Waals surface area contributed by atoms with Crippen molar-refractivity contribution in [3.8, 4) is 11.5 Å². The second kappa shape index (κ2) is 5.15. The van der Waals surface area contributed by atoms with Gasteiger partial charge >= 0.3 is 5.97 Å². The molecule has 1 unspecified atom stereocenters. The van der Waals surface area contributed by atoms with Crippen molar-refractivity contribution >= 4 is 11.7 Å². The number of rotatable bonds is 5. The lowest BCUT2D eigenvalue weighted by Gasteiger charge is -2.13. The molecule has 0 spiro atoms. The Bertz CT molecular complexity index is 444. The van der Waals surface area contributed by atoms with Gasteiger partial charge in [-0.2, -0.15) is 0 Å². The second-order valence-electron chi connectivity index (χ2n) is 3.19. The van der Waals surface area contributed by atoms with Crippen LogP contribution in [-0.2, 0) is 4.79 Å². The number of nitro benzene ring substituents is 1. The highest BCUT2D eigenvalue weighted by Gasteiger charge is 2.17. The highest BCUT2D eigenvalue weighted by atomic mass is 16.6. The van der Waals surface area contributed by atoms with Crippen molar-refractivity contribution in [1.82, 2.24) is 0 Å². The minimum absolute atomic E-state index is 0.118. The van der Waals surface area contributed by atoms with E-state index in [1.165, 1.54) is 32.2 Å². The molecule has 0 amide bonds. The minimum atomic E-state index is -1.13. The number of hydrogen-bond donors (Lipinski definition) is 1. The molecule has 0 aliphatic rings. The normalized spacial score (nSPS) is 11.6. The van der Waals surface area contributed by atoms with E-state index in [0.717, 1.165) is 0 Å². The summed E-state index contributed by atoms with van der Waals surface area (Å²) in [6.07, 6.45) is -1.06. The summed E-state index contributed by atoms with van der Waals surface area (Å²) in [5.74, 6) is -0.870. The van der Waals surface area contributed by atoms with Gasteiger partial charge in [-0.1, -0.05) is 0 Å². The third-order valence-electron chi connectivity index (χ3n) is 2.01. The topological polar surface area (TPSA) is 98.9 Å². The third-order valence-corrected chi connectivity index (χ3v) is 2.01. The van der Waals surface area contributed by atoms with E-state index < -0.39 is 17.0 Å². The maximum atomic E-state index is 10.6. The fourth-order valence-electron chi connectivity index (χ4n) is 1.11. The van der Waals surface area contributed by atoms with E-state index in [0.29, 0.717) is 0 Å². The number of hydrogen-bond acceptors (Lipinski definition) is 5. The van der Waals surface area contributed by atoms with Gasteiger partial charge < -0.3 is 14.6 Å². The summed E-state index contributed by atoms with van der Waals surface area (Å²) < 4.78 is 9.98. The van der Waals surface area contributed by atoms with Crippen LogP contribution in [0.3, 0.4) is 0 Å². The van der Waals surface area contributed by atoms with Crippen LogP contribution in [0.15, 0.2) is 18.2 Å². The zero-order valence-corrected chi connectivity index (χ0v) is 9.25. The maximum absolute atomic E-state index is 10.6. The van der Waals surface area contributed by atoms with Crippen LogP contribution >= 0.6 is 0 Å². The average Bonchev–Trinajstić information content (AvgIpc) is 2.28. The summed E-state index contributed by atoms with van der Waals surface area (Å²) in [7, 11) is 1.32. The van der Waals surface area contributed by atoms with Gasteiger partial charge in [0.1, 0.15) is 0 Å². The van der Waals surface area contributed by atoms with Gasteiger partial charge in [0.25, 0.3) is 5.69 Å². The van der Waals surface area contributed by atoms with E-state index in [4.69, 9.17) is 14.6 Å². The van der Waals surface area contributed by atoms with Crippen molar-refractivity contribution in [3.05, 3.63) is 28.3 Å². The van der Waals surface area contributed by atoms with Crippen LogP contribution in [0.1, 0.15) is 6.92 Å². The molecule has 7 heteroatoms. The molecule has 1 aromatic carbocycles.